The van der Waals surface area contributed by atoms with E-state index < -0.39 is 0 Å². The number of nitrogens with zero attached hydrogens (tertiary/aromatic N) is 1. The lowest BCUT2D eigenvalue weighted by atomic mass is 10.2. The first-order valence-electron chi connectivity index (χ1n) is 8.41. The highest BCUT2D eigenvalue weighted by Crippen LogP contribution is 2.42. The van der Waals surface area contributed by atoms with Gasteiger partial charge >= 0.3 is 0 Å². The maximum absolute atomic E-state index is 13.1. The summed E-state index contributed by atoms with van der Waals surface area (Å²) in [5, 5.41) is 3.32. The lowest BCUT2D eigenvalue weighted by Gasteiger charge is -2.29. The first-order chi connectivity index (χ1) is 13.1. The molecule has 7 heteroatoms. The molecule has 0 fully saturated rings. The van der Waals surface area contributed by atoms with Crippen LogP contribution in [0.2, 0.25) is 5.02 Å². The van der Waals surface area contributed by atoms with Crippen molar-refractivity contribution in [2.75, 3.05) is 31.7 Å². The van der Waals surface area contributed by atoms with E-state index in [9.17, 15) is 9.59 Å². The summed E-state index contributed by atoms with van der Waals surface area (Å²) in [4.78, 5) is 28.2. The van der Waals surface area contributed by atoms with Gasteiger partial charge in [-0.15, -0.1) is 0 Å². The molecule has 2 amide bonds. The average Bonchev–Trinajstić information content (AvgIpc) is 2.67. The Morgan fingerprint density at radius 3 is 2.74 bits per heavy atom. The van der Waals surface area contributed by atoms with E-state index in [-0.39, 0.29) is 18.4 Å². The van der Waals surface area contributed by atoms with Crippen molar-refractivity contribution in [2.24, 2.45) is 0 Å². The maximum atomic E-state index is 13.1. The smallest absolute Gasteiger partial charge is 0.265 e. The van der Waals surface area contributed by atoms with Crippen LogP contribution < -0.4 is 10.2 Å². The topological polar surface area (TPSA) is 58.6 Å². The van der Waals surface area contributed by atoms with Crippen LogP contribution in [-0.4, -0.2) is 38.6 Å². The van der Waals surface area contributed by atoms with Crippen molar-refractivity contribution >= 4 is 46.9 Å². The molecule has 140 valence electrons. The molecule has 3 rings (SSSR count). The van der Waals surface area contributed by atoms with Crippen LogP contribution in [0.15, 0.2) is 58.3 Å². The minimum absolute atomic E-state index is 0.0556. The molecule has 0 spiro atoms. The number of halogens is 1. The molecule has 1 heterocycles. The van der Waals surface area contributed by atoms with Crippen LogP contribution in [0, 0.1) is 0 Å². The van der Waals surface area contributed by atoms with Gasteiger partial charge in [0.2, 0.25) is 5.91 Å². The van der Waals surface area contributed by atoms with Crippen LogP contribution in [0.5, 0.6) is 0 Å². The van der Waals surface area contributed by atoms with Gasteiger partial charge in [0.1, 0.15) is 6.54 Å². The predicted octanol–water partition coefficient (Wildman–Crippen LogP) is 3.58. The molecular weight excluding hydrogens is 384 g/mol. The summed E-state index contributed by atoms with van der Waals surface area (Å²) >= 11 is 7.61. The summed E-state index contributed by atoms with van der Waals surface area (Å²) in [6.45, 7) is 0.764. The van der Waals surface area contributed by atoms with Crippen LogP contribution in [0.4, 0.5) is 5.69 Å². The number of ether oxygens (including phenoxy) is 1. The summed E-state index contributed by atoms with van der Waals surface area (Å²) in [5.74, 6) is -0.459. The number of para-hydroxylation sites is 1. The van der Waals surface area contributed by atoms with Crippen LogP contribution >= 0.6 is 23.4 Å². The Labute approximate surface area is 167 Å². The number of benzene rings is 2. The Kier molecular flexibility index (Phi) is 6.55. The number of carbonyl (C=O) groups excluding carboxylic acids is 2. The second kappa shape index (κ2) is 9.08. The number of fused-ring (bicyclic) bond motifs is 1. The minimum Gasteiger partial charge on any atom is -0.383 e. The Hall–Kier alpha value is -2.28. The van der Waals surface area contributed by atoms with Crippen LogP contribution in [0.1, 0.15) is 5.56 Å². The van der Waals surface area contributed by atoms with Crippen molar-refractivity contribution in [1.29, 1.82) is 0 Å². The number of rotatable bonds is 6. The fourth-order valence-electron chi connectivity index (χ4n) is 2.64. The third kappa shape index (κ3) is 4.71. The molecule has 2 aromatic rings. The number of thioether (sulfide) groups is 1. The van der Waals surface area contributed by atoms with Crippen LogP contribution in [0.25, 0.3) is 6.08 Å². The van der Waals surface area contributed by atoms with Gasteiger partial charge < -0.3 is 10.1 Å². The van der Waals surface area contributed by atoms with Crippen molar-refractivity contribution in [3.8, 4) is 0 Å². The zero-order valence-electron chi connectivity index (χ0n) is 14.8. The molecule has 1 aliphatic heterocycles. The largest absolute Gasteiger partial charge is 0.383 e. The highest BCUT2D eigenvalue weighted by Gasteiger charge is 2.30. The van der Waals surface area contributed by atoms with E-state index in [2.05, 4.69) is 5.32 Å². The summed E-state index contributed by atoms with van der Waals surface area (Å²) in [5.41, 5.74) is 1.49. The van der Waals surface area contributed by atoms with Gasteiger partial charge in [0, 0.05) is 23.6 Å². The average molecular weight is 403 g/mol. The molecule has 0 radical (unpaired) electrons. The van der Waals surface area contributed by atoms with Gasteiger partial charge in [0.25, 0.3) is 5.91 Å². The Bertz CT molecular complexity index is 885. The van der Waals surface area contributed by atoms with E-state index in [1.165, 1.54) is 16.7 Å². The number of methoxy groups -OCH3 is 1. The standard InChI is InChI=1S/C20H19ClN2O3S/c1-26-11-10-22-19(24)13-23-16-8-4-5-9-17(16)27-18(20(23)25)12-14-6-2-3-7-15(14)21/h2-9,12H,10-11,13H2,1H3,(H,22,24). The van der Waals surface area contributed by atoms with Gasteiger partial charge in [-0.05, 0) is 29.8 Å². The fourth-order valence-corrected chi connectivity index (χ4v) is 3.88. The van der Waals surface area contributed by atoms with E-state index >= 15 is 0 Å². The molecule has 1 aliphatic rings. The fraction of sp³-hybridized carbons (Fsp3) is 0.200. The zero-order chi connectivity index (χ0) is 19.2. The normalized spacial score (nSPS) is 15.0. The molecule has 0 atom stereocenters. The third-order valence-corrected chi connectivity index (χ3v) is 5.38. The van der Waals surface area contributed by atoms with Crippen molar-refractivity contribution in [3.05, 3.63) is 64.0 Å². The van der Waals surface area contributed by atoms with E-state index in [4.69, 9.17) is 16.3 Å². The second-order valence-corrected chi connectivity index (χ2v) is 7.32. The summed E-state index contributed by atoms with van der Waals surface area (Å²) in [6.07, 6.45) is 1.76. The molecule has 0 aliphatic carbocycles. The number of carbonyl (C=O) groups is 2. The van der Waals surface area contributed by atoms with Crippen molar-refractivity contribution < 1.29 is 14.3 Å². The number of hydrogen-bond donors (Lipinski definition) is 1. The summed E-state index contributed by atoms with van der Waals surface area (Å²) in [6, 6.07) is 14.9. The molecular formula is C20H19ClN2O3S. The van der Waals surface area contributed by atoms with Crippen molar-refractivity contribution in [1.82, 2.24) is 5.32 Å². The monoisotopic (exact) mass is 402 g/mol. The number of hydrogen-bond acceptors (Lipinski definition) is 4. The number of anilines is 1. The second-order valence-electron chi connectivity index (χ2n) is 5.83. The Morgan fingerprint density at radius 2 is 1.96 bits per heavy atom. The highest BCUT2D eigenvalue weighted by molar-refractivity contribution is 8.04. The molecule has 5 nitrogen and oxygen atoms in total. The molecule has 2 aromatic carbocycles. The summed E-state index contributed by atoms with van der Waals surface area (Å²) < 4.78 is 4.93. The van der Waals surface area contributed by atoms with Gasteiger partial charge in [-0.2, -0.15) is 0 Å². The van der Waals surface area contributed by atoms with Crippen LogP contribution in [-0.2, 0) is 14.3 Å². The van der Waals surface area contributed by atoms with Gasteiger partial charge in [-0.25, -0.2) is 0 Å². The molecule has 0 saturated carbocycles. The Balaban J connectivity index is 1.89. The number of amides is 2. The molecule has 0 unspecified atom stereocenters. The van der Waals surface area contributed by atoms with Gasteiger partial charge in [0.15, 0.2) is 0 Å². The van der Waals surface area contributed by atoms with Crippen molar-refractivity contribution in [3.63, 3.8) is 0 Å². The lowest BCUT2D eigenvalue weighted by molar-refractivity contribution is -0.122. The van der Waals surface area contributed by atoms with Gasteiger partial charge in [-0.3, -0.25) is 14.5 Å². The number of nitrogens with one attached hydrogen (secondary N) is 1. The van der Waals surface area contributed by atoms with Crippen molar-refractivity contribution in [2.45, 2.75) is 4.90 Å². The zero-order valence-corrected chi connectivity index (χ0v) is 16.3. The third-order valence-electron chi connectivity index (χ3n) is 3.95. The maximum Gasteiger partial charge on any atom is 0.265 e. The predicted molar refractivity (Wildman–Crippen MR) is 109 cm³/mol. The van der Waals surface area contributed by atoms with Gasteiger partial charge in [0.05, 0.1) is 17.2 Å². The molecule has 0 bridgehead atoms. The molecule has 1 N–H and O–H groups in total. The highest BCUT2D eigenvalue weighted by atomic mass is 35.5. The van der Waals surface area contributed by atoms with Gasteiger partial charge in [-0.1, -0.05) is 53.7 Å². The first kappa shape index (κ1) is 19.5. The van der Waals surface area contributed by atoms with E-state index in [1.54, 1.807) is 19.3 Å². The summed E-state index contributed by atoms with van der Waals surface area (Å²) in [7, 11) is 1.57. The Morgan fingerprint density at radius 1 is 1.22 bits per heavy atom. The molecule has 27 heavy (non-hydrogen) atoms. The lowest BCUT2D eigenvalue weighted by Crippen LogP contribution is -2.43. The quantitative estimate of drug-likeness (QED) is 0.592. The van der Waals surface area contributed by atoms with Crippen LogP contribution in [0.3, 0.4) is 0 Å². The molecule has 0 saturated heterocycles. The van der Waals surface area contributed by atoms with E-state index in [1.807, 2.05) is 42.5 Å². The first-order valence-corrected chi connectivity index (χ1v) is 9.60. The van der Waals surface area contributed by atoms with E-state index in [0.717, 1.165) is 16.1 Å². The SMILES string of the molecule is COCCNC(=O)CN1C(=O)C(=Cc2ccccc2Cl)Sc2ccccc21. The molecule has 0 aromatic heterocycles. The van der Waals surface area contributed by atoms with E-state index in [0.29, 0.717) is 23.1 Å². The minimum atomic E-state index is -0.237.